The molecule has 7 nitrogen and oxygen atoms in total. The van der Waals surface area contributed by atoms with Crippen LogP contribution in [-0.2, 0) is 16.6 Å². The Kier molecular flexibility index (Phi) is 7.26. The molecular weight excluding hydrogens is 362 g/mol. The summed E-state index contributed by atoms with van der Waals surface area (Å²) in [7, 11) is -3.27. The predicted molar refractivity (Wildman–Crippen MR) is 113 cm³/mol. The number of aryl methyl sites for hydroxylation is 1. The molecule has 1 aromatic carbocycles. The topological polar surface area (TPSA) is 87.5 Å². The van der Waals surface area contributed by atoms with Crippen molar-refractivity contribution < 1.29 is 8.42 Å². The second kappa shape index (κ2) is 9.23. The molecule has 27 heavy (non-hydrogen) atoms. The predicted octanol–water partition coefficient (Wildman–Crippen LogP) is 1.91. The molecule has 1 heterocycles. The molecule has 0 atom stereocenters. The Morgan fingerprint density at radius 2 is 1.93 bits per heavy atom. The SMILES string of the molecule is CCNC(=NCC(C)(C)NS(C)(=O)=O)NCCCn1ccc2ccccc21. The molecule has 150 valence electrons. The largest absolute Gasteiger partial charge is 0.357 e. The quantitative estimate of drug-likeness (QED) is 0.345. The van der Waals surface area contributed by atoms with E-state index in [-0.39, 0.29) is 0 Å². The monoisotopic (exact) mass is 393 g/mol. The van der Waals surface area contributed by atoms with Crippen LogP contribution in [0.4, 0.5) is 0 Å². The number of nitrogens with one attached hydrogen (secondary N) is 3. The molecule has 0 aliphatic rings. The van der Waals surface area contributed by atoms with Crippen molar-refractivity contribution in [2.75, 3.05) is 25.9 Å². The van der Waals surface area contributed by atoms with Gasteiger partial charge in [0.25, 0.3) is 0 Å². The van der Waals surface area contributed by atoms with Gasteiger partial charge < -0.3 is 15.2 Å². The van der Waals surface area contributed by atoms with E-state index in [2.05, 4.69) is 55.4 Å². The highest BCUT2D eigenvalue weighted by Gasteiger charge is 2.21. The van der Waals surface area contributed by atoms with E-state index in [1.165, 1.54) is 10.9 Å². The van der Waals surface area contributed by atoms with E-state index in [1.54, 1.807) is 0 Å². The fourth-order valence-corrected chi connectivity index (χ4v) is 4.01. The van der Waals surface area contributed by atoms with Crippen molar-refractivity contribution in [1.82, 2.24) is 19.9 Å². The molecule has 0 unspecified atom stereocenters. The van der Waals surface area contributed by atoms with Crippen molar-refractivity contribution in [3.8, 4) is 0 Å². The van der Waals surface area contributed by atoms with Gasteiger partial charge in [-0.3, -0.25) is 4.99 Å². The lowest BCUT2D eigenvalue weighted by Crippen LogP contribution is -2.46. The molecular formula is C19H31N5O2S. The fraction of sp³-hybridized carbons (Fsp3) is 0.526. The van der Waals surface area contributed by atoms with Crippen LogP contribution in [0, 0.1) is 0 Å². The summed E-state index contributed by atoms with van der Waals surface area (Å²) < 4.78 is 27.7. The van der Waals surface area contributed by atoms with Crippen LogP contribution in [-0.4, -0.2) is 50.4 Å². The first-order chi connectivity index (χ1) is 12.7. The third-order valence-corrected chi connectivity index (χ3v) is 4.91. The van der Waals surface area contributed by atoms with E-state index in [9.17, 15) is 8.42 Å². The Morgan fingerprint density at radius 3 is 2.63 bits per heavy atom. The maximum absolute atomic E-state index is 11.4. The van der Waals surface area contributed by atoms with Crippen LogP contribution in [0.15, 0.2) is 41.5 Å². The number of aromatic nitrogens is 1. The summed E-state index contributed by atoms with van der Waals surface area (Å²) >= 11 is 0. The molecule has 0 spiro atoms. The molecule has 3 N–H and O–H groups in total. The Balaban J connectivity index is 1.86. The number of hydrogen-bond acceptors (Lipinski definition) is 3. The van der Waals surface area contributed by atoms with Crippen LogP contribution >= 0.6 is 0 Å². The Hall–Kier alpha value is -2.06. The normalized spacial score (nSPS) is 13.1. The van der Waals surface area contributed by atoms with E-state index in [1.807, 2.05) is 26.8 Å². The minimum Gasteiger partial charge on any atom is -0.357 e. The van der Waals surface area contributed by atoms with E-state index in [4.69, 9.17) is 0 Å². The number of aliphatic imine (C=N–C) groups is 1. The Labute approximate surface area is 162 Å². The number of sulfonamides is 1. The molecule has 0 saturated heterocycles. The number of rotatable bonds is 9. The summed E-state index contributed by atoms with van der Waals surface area (Å²) in [5.74, 6) is 0.693. The second-order valence-electron chi connectivity index (χ2n) is 7.30. The van der Waals surface area contributed by atoms with Gasteiger partial charge in [0.1, 0.15) is 0 Å². The number of para-hydroxylation sites is 1. The maximum Gasteiger partial charge on any atom is 0.209 e. The van der Waals surface area contributed by atoms with Crippen LogP contribution in [0.5, 0.6) is 0 Å². The fourth-order valence-electron chi connectivity index (χ4n) is 2.94. The van der Waals surface area contributed by atoms with Crippen molar-refractivity contribution in [3.63, 3.8) is 0 Å². The number of hydrogen-bond donors (Lipinski definition) is 3. The second-order valence-corrected chi connectivity index (χ2v) is 9.05. The van der Waals surface area contributed by atoms with Crippen LogP contribution in [0.3, 0.4) is 0 Å². The van der Waals surface area contributed by atoms with Crippen molar-refractivity contribution in [2.24, 2.45) is 4.99 Å². The number of guanidine groups is 1. The van der Waals surface area contributed by atoms with E-state index >= 15 is 0 Å². The van der Waals surface area contributed by atoms with Gasteiger partial charge in [-0.2, -0.15) is 0 Å². The molecule has 0 aliphatic heterocycles. The average Bonchev–Trinajstić information content (AvgIpc) is 2.97. The molecule has 2 aromatic rings. The molecule has 8 heteroatoms. The number of nitrogens with zero attached hydrogens (tertiary/aromatic N) is 2. The summed E-state index contributed by atoms with van der Waals surface area (Å²) in [6.07, 6.45) is 4.23. The number of benzene rings is 1. The van der Waals surface area contributed by atoms with Gasteiger partial charge in [-0.15, -0.1) is 0 Å². The van der Waals surface area contributed by atoms with Crippen molar-refractivity contribution in [1.29, 1.82) is 0 Å². The summed E-state index contributed by atoms with van der Waals surface area (Å²) in [4.78, 5) is 4.51. The van der Waals surface area contributed by atoms with Gasteiger partial charge in [0.2, 0.25) is 10.0 Å². The highest BCUT2D eigenvalue weighted by atomic mass is 32.2. The third kappa shape index (κ3) is 7.22. The minimum atomic E-state index is -3.27. The zero-order valence-corrected chi connectivity index (χ0v) is 17.4. The molecule has 0 bridgehead atoms. The van der Waals surface area contributed by atoms with Gasteiger partial charge in [0.05, 0.1) is 12.8 Å². The number of fused-ring (bicyclic) bond motifs is 1. The average molecular weight is 394 g/mol. The van der Waals surface area contributed by atoms with E-state index in [0.717, 1.165) is 32.3 Å². The van der Waals surface area contributed by atoms with Crippen molar-refractivity contribution in [2.45, 2.75) is 39.3 Å². The smallest absolute Gasteiger partial charge is 0.209 e. The highest BCUT2D eigenvalue weighted by Crippen LogP contribution is 2.15. The Bertz CT molecular complexity index is 871. The summed E-state index contributed by atoms with van der Waals surface area (Å²) in [5.41, 5.74) is 0.603. The van der Waals surface area contributed by atoms with Gasteiger partial charge in [-0.05, 0) is 44.7 Å². The molecule has 0 saturated carbocycles. The maximum atomic E-state index is 11.4. The highest BCUT2D eigenvalue weighted by molar-refractivity contribution is 7.88. The molecule has 2 rings (SSSR count). The zero-order chi connectivity index (χ0) is 19.9. The lowest BCUT2D eigenvalue weighted by atomic mass is 10.1. The summed E-state index contributed by atoms with van der Waals surface area (Å²) in [6, 6.07) is 10.5. The lowest BCUT2D eigenvalue weighted by molar-refractivity contribution is 0.464. The van der Waals surface area contributed by atoms with Gasteiger partial charge >= 0.3 is 0 Å². The lowest BCUT2D eigenvalue weighted by Gasteiger charge is -2.23. The van der Waals surface area contributed by atoms with Crippen LogP contribution in [0.1, 0.15) is 27.2 Å². The zero-order valence-electron chi connectivity index (χ0n) is 16.6. The molecule has 0 aliphatic carbocycles. The van der Waals surface area contributed by atoms with Gasteiger partial charge in [0.15, 0.2) is 5.96 Å². The molecule has 0 amide bonds. The molecule has 0 fully saturated rings. The van der Waals surface area contributed by atoms with E-state index in [0.29, 0.717) is 12.5 Å². The van der Waals surface area contributed by atoms with E-state index < -0.39 is 15.6 Å². The summed E-state index contributed by atoms with van der Waals surface area (Å²) in [6.45, 7) is 8.42. The van der Waals surface area contributed by atoms with Gasteiger partial charge in [-0.1, -0.05) is 18.2 Å². The Morgan fingerprint density at radius 1 is 1.19 bits per heavy atom. The minimum absolute atomic E-state index is 0.345. The van der Waals surface area contributed by atoms with Crippen LogP contribution in [0.25, 0.3) is 10.9 Å². The molecule has 0 radical (unpaired) electrons. The first-order valence-corrected chi connectivity index (χ1v) is 11.1. The first-order valence-electron chi connectivity index (χ1n) is 9.25. The third-order valence-electron chi connectivity index (χ3n) is 3.99. The summed E-state index contributed by atoms with van der Waals surface area (Å²) in [5, 5.41) is 7.76. The first kappa shape index (κ1) is 21.2. The van der Waals surface area contributed by atoms with Crippen LogP contribution < -0.4 is 15.4 Å². The van der Waals surface area contributed by atoms with Crippen molar-refractivity contribution in [3.05, 3.63) is 36.5 Å². The molecule has 1 aromatic heterocycles. The van der Waals surface area contributed by atoms with Crippen LogP contribution in [0.2, 0.25) is 0 Å². The standard InChI is InChI=1S/C19H31N5O2S/c1-5-20-18(22-15-19(2,3)23-27(4,25)26)21-12-8-13-24-14-11-16-9-6-7-10-17(16)24/h6-7,9-11,14,23H,5,8,12-13,15H2,1-4H3,(H2,20,21,22). The van der Waals surface area contributed by atoms with Gasteiger partial charge in [-0.25, -0.2) is 13.1 Å². The van der Waals surface area contributed by atoms with Gasteiger partial charge in [0, 0.05) is 36.9 Å². The van der Waals surface area contributed by atoms with Crippen molar-refractivity contribution >= 4 is 26.9 Å².